The second kappa shape index (κ2) is 20.8. The second-order valence-corrected chi connectivity index (χ2v) is 13.8. The Morgan fingerprint density at radius 2 is 1.33 bits per heavy atom. The van der Waals surface area contributed by atoms with Crippen LogP contribution in [0.1, 0.15) is 36.2 Å². The van der Waals surface area contributed by atoms with E-state index in [1.165, 1.54) is 12.1 Å². The average Bonchev–Trinajstić information content (AvgIpc) is 3.20. The molecule has 1 amide bonds. The van der Waals surface area contributed by atoms with Gasteiger partial charge in [-0.05, 0) is 84.6 Å². The first kappa shape index (κ1) is 45.2. The molecular formula is C43H45ClF3N3O8. The maximum Gasteiger partial charge on any atom is 0.416 e. The number of hydrogen-bond acceptors (Lipinski definition) is 7. The van der Waals surface area contributed by atoms with Crippen LogP contribution >= 0.6 is 11.6 Å². The van der Waals surface area contributed by atoms with Gasteiger partial charge in [0.05, 0.1) is 11.1 Å². The molecule has 4 aromatic carbocycles. The lowest BCUT2D eigenvalue weighted by molar-refractivity contribution is -0.165. The van der Waals surface area contributed by atoms with Gasteiger partial charge in [-0.2, -0.15) is 13.2 Å². The van der Waals surface area contributed by atoms with E-state index in [-0.39, 0.29) is 17.9 Å². The smallest absolute Gasteiger partial charge is 0.416 e. The summed E-state index contributed by atoms with van der Waals surface area (Å²) in [7, 11) is 0. The van der Waals surface area contributed by atoms with Crippen molar-refractivity contribution in [2.24, 2.45) is 0 Å². The van der Waals surface area contributed by atoms with Gasteiger partial charge in [0.1, 0.15) is 6.54 Å². The number of carbonyl (C=O) groups excluding carboxylic acids is 1. The molecule has 4 N–H and O–H groups in total. The molecule has 0 aliphatic carbocycles. The maximum absolute atomic E-state index is 14.2. The third-order valence-electron chi connectivity index (χ3n) is 9.57. The largest absolute Gasteiger partial charge is 0.479 e. The Hall–Kier alpha value is -5.54. The molecule has 0 bridgehead atoms. The zero-order valence-corrected chi connectivity index (χ0v) is 32.7. The van der Waals surface area contributed by atoms with Gasteiger partial charge in [0, 0.05) is 41.8 Å². The Bertz CT molecular complexity index is 2210. The van der Waals surface area contributed by atoms with Crippen LogP contribution in [-0.2, 0) is 46.5 Å². The van der Waals surface area contributed by atoms with Crippen LogP contribution in [-0.4, -0.2) is 91.0 Å². The molecule has 308 valence electrons. The minimum absolute atomic E-state index is 0.0631. The molecule has 2 unspecified atom stereocenters. The molecule has 5 rings (SSSR count). The van der Waals surface area contributed by atoms with Gasteiger partial charge in [-0.25, -0.2) is 9.59 Å². The SMILES string of the molecule is CCN(CC)CCN(Cc1ccc(-c2ccc(C(F)(F)F)cc2)cc1)C(=O)Cn1c(CCc2cccc(Cl)c2)cc(=O)c2ccccc21.O=C(O)C(O)C(O)C(=O)O. The number of carboxylic acids is 2. The Kier molecular flexibility index (Phi) is 16.2. The molecule has 1 aromatic heterocycles. The lowest BCUT2D eigenvalue weighted by Crippen LogP contribution is -2.40. The molecule has 15 heteroatoms. The number of likely N-dealkylation sites (N-methyl/N-ethyl adjacent to an activating group) is 1. The fraction of sp³-hybridized carbons (Fsp3) is 0.302. The molecule has 0 aliphatic rings. The summed E-state index contributed by atoms with van der Waals surface area (Å²) < 4.78 is 41.1. The molecule has 1 heterocycles. The van der Waals surface area contributed by atoms with Crippen molar-refractivity contribution in [1.29, 1.82) is 0 Å². The zero-order valence-electron chi connectivity index (χ0n) is 31.9. The zero-order chi connectivity index (χ0) is 42.6. The molecule has 0 aliphatic heterocycles. The summed E-state index contributed by atoms with van der Waals surface area (Å²) in [5, 5.41) is 33.7. The Balaban J connectivity index is 0.000000657. The van der Waals surface area contributed by atoms with Crippen molar-refractivity contribution < 1.29 is 48.0 Å². The van der Waals surface area contributed by atoms with Crippen LogP contribution in [0.15, 0.2) is 108 Å². The highest BCUT2D eigenvalue weighted by Crippen LogP contribution is 2.31. The lowest BCUT2D eigenvalue weighted by atomic mass is 10.0. The highest BCUT2D eigenvalue weighted by Gasteiger charge is 2.30. The quantitative estimate of drug-likeness (QED) is 0.0887. The number of aliphatic hydroxyl groups excluding tert-OH is 2. The van der Waals surface area contributed by atoms with Crippen molar-refractivity contribution in [3.63, 3.8) is 0 Å². The van der Waals surface area contributed by atoms with Crippen LogP contribution < -0.4 is 5.43 Å². The first-order valence-electron chi connectivity index (χ1n) is 18.5. The van der Waals surface area contributed by atoms with Crippen molar-refractivity contribution in [1.82, 2.24) is 14.4 Å². The molecule has 0 saturated carbocycles. The molecule has 11 nitrogen and oxygen atoms in total. The number of halogens is 4. The Morgan fingerprint density at radius 1 is 0.741 bits per heavy atom. The van der Waals surface area contributed by atoms with E-state index in [9.17, 15) is 32.3 Å². The number of amides is 1. The number of hydrogen-bond donors (Lipinski definition) is 4. The molecule has 0 fully saturated rings. The monoisotopic (exact) mass is 823 g/mol. The molecule has 58 heavy (non-hydrogen) atoms. The summed E-state index contributed by atoms with van der Waals surface area (Å²) in [6.07, 6.45) is -7.71. The van der Waals surface area contributed by atoms with E-state index in [0.29, 0.717) is 54.0 Å². The van der Waals surface area contributed by atoms with Crippen LogP contribution in [0.4, 0.5) is 13.2 Å². The van der Waals surface area contributed by atoms with E-state index in [1.807, 2.05) is 76.2 Å². The van der Waals surface area contributed by atoms with E-state index < -0.39 is 35.9 Å². The minimum atomic E-state index is -4.39. The van der Waals surface area contributed by atoms with Crippen molar-refractivity contribution in [2.75, 3.05) is 26.2 Å². The predicted molar refractivity (Wildman–Crippen MR) is 214 cm³/mol. The number of para-hydroxylation sites is 1. The van der Waals surface area contributed by atoms with Gasteiger partial charge in [0.2, 0.25) is 5.91 Å². The number of carboxylic acid groups (broad SMARTS) is 2. The van der Waals surface area contributed by atoms with E-state index >= 15 is 0 Å². The molecule has 0 radical (unpaired) electrons. The number of benzene rings is 4. The van der Waals surface area contributed by atoms with E-state index in [2.05, 4.69) is 18.7 Å². The second-order valence-electron chi connectivity index (χ2n) is 13.4. The number of aliphatic carboxylic acids is 2. The van der Waals surface area contributed by atoms with Gasteiger partial charge in [0.15, 0.2) is 17.6 Å². The minimum Gasteiger partial charge on any atom is -0.479 e. The number of aryl methyl sites for hydroxylation is 2. The van der Waals surface area contributed by atoms with E-state index in [0.717, 1.165) is 47.6 Å². The predicted octanol–water partition coefficient (Wildman–Crippen LogP) is 6.37. The van der Waals surface area contributed by atoms with Crippen molar-refractivity contribution in [3.05, 3.63) is 141 Å². The van der Waals surface area contributed by atoms with Gasteiger partial charge in [0.25, 0.3) is 0 Å². The van der Waals surface area contributed by atoms with Crippen molar-refractivity contribution in [2.45, 2.75) is 58.2 Å². The number of alkyl halides is 3. The molecule has 0 saturated heterocycles. The van der Waals surface area contributed by atoms with Crippen LogP contribution in [0.2, 0.25) is 5.02 Å². The molecular weight excluding hydrogens is 779 g/mol. The van der Waals surface area contributed by atoms with Gasteiger partial charge in [-0.1, -0.05) is 86.1 Å². The number of fused-ring (bicyclic) bond motifs is 1. The summed E-state index contributed by atoms with van der Waals surface area (Å²) in [4.78, 5) is 51.0. The average molecular weight is 824 g/mol. The summed E-state index contributed by atoms with van der Waals surface area (Å²) in [5.41, 5.74) is 4.14. The number of nitrogens with zero attached hydrogens (tertiary/aromatic N) is 3. The number of aromatic nitrogens is 1. The fourth-order valence-corrected chi connectivity index (χ4v) is 6.42. The highest BCUT2D eigenvalue weighted by molar-refractivity contribution is 6.30. The van der Waals surface area contributed by atoms with Gasteiger partial charge < -0.3 is 34.8 Å². The third-order valence-corrected chi connectivity index (χ3v) is 9.80. The summed E-state index contributed by atoms with van der Waals surface area (Å²) >= 11 is 6.22. The number of carbonyl (C=O) groups is 3. The normalized spacial score (nSPS) is 12.4. The van der Waals surface area contributed by atoms with E-state index in [1.54, 1.807) is 12.1 Å². The summed E-state index contributed by atoms with van der Waals surface area (Å²) in [5.74, 6) is -3.61. The summed E-state index contributed by atoms with van der Waals surface area (Å²) in [6, 6.07) is 29.3. The lowest BCUT2D eigenvalue weighted by Gasteiger charge is -2.28. The topological polar surface area (TPSA) is 161 Å². The molecule has 0 spiro atoms. The van der Waals surface area contributed by atoms with Crippen LogP contribution in [0.25, 0.3) is 22.0 Å². The van der Waals surface area contributed by atoms with Gasteiger partial charge in [-0.3, -0.25) is 9.59 Å². The molecule has 2 atom stereocenters. The van der Waals surface area contributed by atoms with Crippen molar-refractivity contribution >= 4 is 40.3 Å². The number of aliphatic hydroxyl groups is 2. The number of rotatable bonds is 16. The Labute approximate surface area is 338 Å². The first-order chi connectivity index (χ1) is 27.5. The first-order valence-corrected chi connectivity index (χ1v) is 18.8. The maximum atomic E-state index is 14.2. The van der Waals surface area contributed by atoms with Gasteiger partial charge in [-0.15, -0.1) is 0 Å². The van der Waals surface area contributed by atoms with Crippen LogP contribution in [0.5, 0.6) is 0 Å². The summed E-state index contributed by atoms with van der Waals surface area (Å²) in [6.45, 7) is 7.54. The Morgan fingerprint density at radius 3 is 1.88 bits per heavy atom. The van der Waals surface area contributed by atoms with Gasteiger partial charge >= 0.3 is 18.1 Å². The van der Waals surface area contributed by atoms with Crippen LogP contribution in [0.3, 0.4) is 0 Å². The fourth-order valence-electron chi connectivity index (χ4n) is 6.21. The molecule has 5 aromatic rings. The van der Waals surface area contributed by atoms with Crippen LogP contribution in [0, 0.1) is 0 Å². The van der Waals surface area contributed by atoms with Crippen molar-refractivity contribution in [3.8, 4) is 11.1 Å². The highest BCUT2D eigenvalue weighted by atomic mass is 35.5. The standard InChI is InChI=1S/C39H39ClF3N3O2.C4H6O6/c1-3-44(4-2)22-23-45(26-29-12-15-30(16-13-29)31-17-19-32(20-18-31)39(41,42)43)38(48)27-46-34(21-14-28-8-7-9-33(40)24-28)25-37(47)35-10-5-6-11-36(35)46;5-1(3(7)8)2(6)4(9)10/h5-13,15-20,24-25H,3-4,14,21-23,26-27H2,1-2H3;1-2,5-6H,(H,7,8)(H,9,10). The third kappa shape index (κ3) is 12.5. The number of pyridine rings is 1. The van der Waals surface area contributed by atoms with E-state index in [4.69, 9.17) is 32.0 Å².